The van der Waals surface area contributed by atoms with Gasteiger partial charge in [-0.05, 0) is 49.9 Å². The molecule has 4 rings (SSSR count). The number of amides is 1. The quantitative estimate of drug-likeness (QED) is 0.697. The molecule has 8 heteroatoms. The van der Waals surface area contributed by atoms with Crippen molar-refractivity contribution in [3.05, 3.63) is 70.2 Å². The van der Waals surface area contributed by atoms with Crippen LogP contribution in [0.2, 0.25) is 5.02 Å². The van der Waals surface area contributed by atoms with Crippen molar-refractivity contribution in [3.8, 4) is 0 Å². The number of nitrogens with two attached hydrogens (primary N) is 1. The number of anilines is 1. The lowest BCUT2D eigenvalue weighted by atomic mass is 10.0. The molecule has 1 atom stereocenters. The van der Waals surface area contributed by atoms with Gasteiger partial charge in [-0.1, -0.05) is 23.7 Å². The van der Waals surface area contributed by atoms with Gasteiger partial charge in [-0.3, -0.25) is 4.79 Å². The summed E-state index contributed by atoms with van der Waals surface area (Å²) in [7, 11) is 0. The summed E-state index contributed by atoms with van der Waals surface area (Å²) in [4.78, 5) is 27.5. The van der Waals surface area contributed by atoms with E-state index in [0.717, 1.165) is 30.6 Å². The van der Waals surface area contributed by atoms with Crippen LogP contribution in [0.3, 0.4) is 0 Å². The zero-order valence-electron chi connectivity index (χ0n) is 16.1. The zero-order chi connectivity index (χ0) is 20.4. The predicted molar refractivity (Wildman–Crippen MR) is 110 cm³/mol. The topological polar surface area (TPSA) is 98.1 Å². The van der Waals surface area contributed by atoms with E-state index in [1.165, 1.54) is 0 Å². The lowest BCUT2D eigenvalue weighted by molar-refractivity contribution is 0.0564. The highest BCUT2D eigenvalue weighted by atomic mass is 35.5. The molecule has 2 aromatic heterocycles. The minimum atomic E-state index is -0.221. The molecular formula is C21H22ClN5O2. The number of carbonyl (C=O) groups excluding carboxylic acids is 1. The smallest absolute Gasteiger partial charge is 0.273 e. The lowest BCUT2D eigenvalue weighted by Gasteiger charge is -2.33. The second-order valence-corrected chi connectivity index (χ2v) is 7.67. The molecule has 3 aromatic rings. The van der Waals surface area contributed by atoms with Crippen molar-refractivity contribution in [3.63, 3.8) is 0 Å². The van der Waals surface area contributed by atoms with Crippen LogP contribution in [0.15, 0.2) is 40.9 Å². The van der Waals surface area contributed by atoms with Crippen molar-refractivity contribution in [1.29, 1.82) is 0 Å². The van der Waals surface area contributed by atoms with Crippen LogP contribution in [0, 0.1) is 6.92 Å². The van der Waals surface area contributed by atoms with Gasteiger partial charge in [-0.15, -0.1) is 0 Å². The Kier molecular flexibility index (Phi) is 5.49. The number of aromatic nitrogens is 3. The second-order valence-electron chi connectivity index (χ2n) is 7.23. The Balaban J connectivity index is 1.56. The molecule has 1 aromatic carbocycles. The highest BCUT2D eigenvalue weighted by Crippen LogP contribution is 2.32. The molecule has 1 aliphatic rings. The van der Waals surface area contributed by atoms with Gasteiger partial charge in [0.05, 0.1) is 6.20 Å². The maximum Gasteiger partial charge on any atom is 0.273 e. The molecule has 0 saturated carbocycles. The van der Waals surface area contributed by atoms with Crippen molar-refractivity contribution in [1.82, 2.24) is 19.9 Å². The Morgan fingerprint density at radius 2 is 2.17 bits per heavy atom. The molecule has 7 nitrogen and oxygen atoms in total. The van der Waals surface area contributed by atoms with E-state index in [9.17, 15) is 4.79 Å². The van der Waals surface area contributed by atoms with Crippen molar-refractivity contribution < 1.29 is 9.21 Å². The molecule has 150 valence electrons. The standard InChI is InChI=1S/C21H22ClN5O2/c1-13-9-17(26-21(23)25-13)20(28)27-8-3-2-7-18(27)19-24-12-16(29-19)11-14-5-4-6-15(22)10-14/h4-6,9-10,12,18H,2-3,7-8,11H2,1H3,(H2,23,25,26). The molecule has 0 bridgehead atoms. The molecule has 29 heavy (non-hydrogen) atoms. The SMILES string of the molecule is Cc1cc(C(=O)N2CCCCC2c2ncc(Cc3cccc(Cl)c3)o2)nc(N)n1. The highest BCUT2D eigenvalue weighted by molar-refractivity contribution is 6.30. The van der Waals surface area contributed by atoms with Crippen molar-refractivity contribution in [2.75, 3.05) is 12.3 Å². The summed E-state index contributed by atoms with van der Waals surface area (Å²) in [5.74, 6) is 1.21. The van der Waals surface area contributed by atoms with E-state index < -0.39 is 0 Å². The van der Waals surface area contributed by atoms with Gasteiger partial charge >= 0.3 is 0 Å². The Morgan fingerprint density at radius 3 is 2.97 bits per heavy atom. The second kappa shape index (κ2) is 8.21. The molecule has 1 amide bonds. The summed E-state index contributed by atoms with van der Waals surface area (Å²) < 4.78 is 6.03. The Hall–Kier alpha value is -2.93. The van der Waals surface area contributed by atoms with E-state index in [0.29, 0.717) is 35.3 Å². The van der Waals surface area contributed by atoms with Crippen LogP contribution >= 0.6 is 11.6 Å². The molecule has 1 aliphatic heterocycles. The van der Waals surface area contributed by atoms with E-state index in [2.05, 4.69) is 15.0 Å². The highest BCUT2D eigenvalue weighted by Gasteiger charge is 2.32. The molecule has 2 N–H and O–H groups in total. The molecule has 1 fully saturated rings. The van der Waals surface area contributed by atoms with Gasteiger partial charge < -0.3 is 15.1 Å². The summed E-state index contributed by atoms with van der Waals surface area (Å²) in [5, 5.41) is 0.686. The average molecular weight is 412 g/mol. The van der Waals surface area contributed by atoms with Crippen LogP contribution in [-0.4, -0.2) is 32.3 Å². The normalized spacial score (nSPS) is 16.8. The van der Waals surface area contributed by atoms with E-state index >= 15 is 0 Å². The Bertz CT molecular complexity index is 1020. The molecule has 1 unspecified atom stereocenters. The van der Waals surface area contributed by atoms with Crippen LogP contribution in [0.1, 0.15) is 58.7 Å². The number of hydrogen-bond acceptors (Lipinski definition) is 6. The van der Waals surface area contributed by atoms with Crippen LogP contribution < -0.4 is 5.73 Å². The van der Waals surface area contributed by atoms with Crippen molar-refractivity contribution in [2.45, 2.75) is 38.6 Å². The molecule has 3 heterocycles. The number of aryl methyl sites for hydroxylation is 1. The van der Waals surface area contributed by atoms with Gasteiger partial charge in [-0.2, -0.15) is 0 Å². The number of rotatable bonds is 4. The summed E-state index contributed by atoms with van der Waals surface area (Å²) >= 11 is 6.06. The summed E-state index contributed by atoms with van der Waals surface area (Å²) in [6.45, 7) is 2.41. The van der Waals surface area contributed by atoms with E-state index in [1.807, 2.05) is 24.3 Å². The zero-order valence-corrected chi connectivity index (χ0v) is 16.9. The maximum atomic E-state index is 13.1. The monoisotopic (exact) mass is 411 g/mol. The Morgan fingerprint density at radius 1 is 1.31 bits per heavy atom. The summed E-state index contributed by atoms with van der Waals surface area (Å²) in [6.07, 6.45) is 5.04. The molecule has 0 spiro atoms. The molecule has 0 aliphatic carbocycles. The number of benzene rings is 1. The first-order valence-corrected chi connectivity index (χ1v) is 9.98. The van der Waals surface area contributed by atoms with Crippen LogP contribution in [-0.2, 0) is 6.42 Å². The fourth-order valence-electron chi connectivity index (χ4n) is 3.69. The van der Waals surface area contributed by atoms with Gasteiger partial charge in [0.15, 0.2) is 0 Å². The third-order valence-electron chi connectivity index (χ3n) is 4.98. The number of nitrogen functional groups attached to an aromatic ring is 1. The maximum absolute atomic E-state index is 13.1. The first-order valence-electron chi connectivity index (χ1n) is 9.61. The van der Waals surface area contributed by atoms with E-state index in [4.69, 9.17) is 21.8 Å². The fraction of sp³-hybridized carbons (Fsp3) is 0.333. The minimum absolute atomic E-state index is 0.0989. The van der Waals surface area contributed by atoms with Crippen molar-refractivity contribution >= 4 is 23.5 Å². The number of likely N-dealkylation sites (tertiary alicyclic amines) is 1. The predicted octanol–water partition coefficient (Wildman–Crippen LogP) is 3.97. The first kappa shape index (κ1) is 19.4. The number of carbonyl (C=O) groups is 1. The van der Waals surface area contributed by atoms with Gasteiger partial charge in [0.25, 0.3) is 5.91 Å². The minimum Gasteiger partial charge on any atom is -0.443 e. The summed E-state index contributed by atoms with van der Waals surface area (Å²) in [5.41, 5.74) is 7.73. The Labute approximate surface area is 173 Å². The van der Waals surface area contributed by atoms with Gasteiger partial charge in [0, 0.05) is 23.7 Å². The lowest BCUT2D eigenvalue weighted by Crippen LogP contribution is -2.39. The van der Waals surface area contributed by atoms with Gasteiger partial charge in [-0.25, -0.2) is 15.0 Å². The van der Waals surface area contributed by atoms with Gasteiger partial charge in [0.2, 0.25) is 11.8 Å². The van der Waals surface area contributed by atoms with Gasteiger partial charge in [0.1, 0.15) is 17.5 Å². The van der Waals surface area contributed by atoms with E-state index in [-0.39, 0.29) is 17.9 Å². The van der Waals surface area contributed by atoms with Crippen LogP contribution in [0.4, 0.5) is 5.95 Å². The largest absolute Gasteiger partial charge is 0.443 e. The first-order chi connectivity index (χ1) is 14.0. The number of oxazole rings is 1. The number of hydrogen-bond donors (Lipinski definition) is 1. The molecular weight excluding hydrogens is 390 g/mol. The van der Waals surface area contributed by atoms with Crippen molar-refractivity contribution in [2.24, 2.45) is 0 Å². The number of piperidine rings is 1. The molecule has 1 saturated heterocycles. The third-order valence-corrected chi connectivity index (χ3v) is 5.21. The average Bonchev–Trinajstić information content (AvgIpc) is 3.15. The van der Waals surface area contributed by atoms with Crippen LogP contribution in [0.5, 0.6) is 0 Å². The summed E-state index contributed by atoms with van der Waals surface area (Å²) in [6, 6.07) is 9.08. The van der Waals surface area contributed by atoms with Crippen LogP contribution in [0.25, 0.3) is 0 Å². The van der Waals surface area contributed by atoms with E-state index in [1.54, 1.807) is 24.1 Å². The number of nitrogens with zero attached hydrogens (tertiary/aromatic N) is 4. The number of halogens is 1. The molecule has 0 radical (unpaired) electrons. The third kappa shape index (κ3) is 4.40. The fourth-order valence-corrected chi connectivity index (χ4v) is 3.90.